The zero-order chi connectivity index (χ0) is 17.5. The molecule has 0 aliphatic rings. The van der Waals surface area contributed by atoms with Crippen molar-refractivity contribution in [1.82, 2.24) is 9.78 Å². The number of aryl methyl sites for hydroxylation is 1. The third kappa shape index (κ3) is 3.20. The van der Waals surface area contributed by atoms with Crippen LogP contribution in [0.5, 0.6) is 0 Å². The molecule has 10 heteroatoms. The molecule has 124 valence electrons. The van der Waals surface area contributed by atoms with Gasteiger partial charge in [0.1, 0.15) is 11.5 Å². The number of esters is 1. The molecule has 1 aromatic heterocycles. The Balaban J connectivity index is 2.71. The molecule has 0 bridgehead atoms. The zero-order valence-electron chi connectivity index (χ0n) is 11.6. The molecular weight excluding hydrogens is 408 g/mol. The Labute approximate surface area is 141 Å². The number of rotatable bonds is 2. The Morgan fingerprint density at radius 1 is 1.39 bits per heavy atom. The minimum Gasteiger partial charge on any atom is -0.465 e. The van der Waals surface area contributed by atoms with E-state index in [0.717, 1.165) is 26.3 Å². The lowest BCUT2D eigenvalue weighted by Gasteiger charge is -2.07. The lowest BCUT2D eigenvalue weighted by Crippen LogP contribution is -2.12. The SMILES string of the molecule is COC(=O)c1cc(-c2nn(C)c(C(F)(F)F)c2Br)c(F)cc1Cl. The molecule has 0 radical (unpaired) electrons. The third-order valence-corrected chi connectivity index (χ3v) is 4.04. The Morgan fingerprint density at radius 2 is 2.00 bits per heavy atom. The van der Waals surface area contributed by atoms with Gasteiger partial charge in [-0.15, -0.1) is 0 Å². The largest absolute Gasteiger partial charge is 0.465 e. The highest BCUT2D eigenvalue weighted by molar-refractivity contribution is 9.10. The van der Waals surface area contributed by atoms with Gasteiger partial charge in [0.15, 0.2) is 5.69 Å². The second kappa shape index (κ2) is 6.12. The van der Waals surface area contributed by atoms with Crippen LogP contribution in [0.15, 0.2) is 16.6 Å². The van der Waals surface area contributed by atoms with Crippen LogP contribution in [0.4, 0.5) is 17.6 Å². The first-order chi connectivity index (χ1) is 10.6. The standard InChI is InChI=1S/C13H8BrClF4N2O2/c1-21-11(13(17,18)19)9(14)10(20-21)6-3-5(12(22)23-2)7(15)4-8(6)16/h3-4H,1-2H3. The maximum atomic E-state index is 14.1. The molecule has 1 aromatic carbocycles. The molecule has 0 fully saturated rings. The summed E-state index contributed by atoms with van der Waals surface area (Å²) in [5.41, 5.74) is -1.88. The number of ether oxygens (including phenoxy) is 1. The van der Waals surface area contributed by atoms with Gasteiger partial charge in [0.05, 0.1) is 22.2 Å². The van der Waals surface area contributed by atoms with Crippen LogP contribution in [-0.4, -0.2) is 22.9 Å². The number of hydrogen-bond acceptors (Lipinski definition) is 3. The minimum atomic E-state index is -4.69. The summed E-state index contributed by atoms with van der Waals surface area (Å²) < 4.78 is 57.7. The molecule has 0 N–H and O–H groups in total. The molecule has 0 aliphatic heterocycles. The topological polar surface area (TPSA) is 44.1 Å². The highest BCUT2D eigenvalue weighted by atomic mass is 79.9. The van der Waals surface area contributed by atoms with E-state index in [4.69, 9.17) is 11.6 Å². The molecule has 0 unspecified atom stereocenters. The lowest BCUT2D eigenvalue weighted by atomic mass is 10.1. The molecule has 1 heterocycles. The number of aromatic nitrogens is 2. The van der Waals surface area contributed by atoms with Gasteiger partial charge in [-0.05, 0) is 28.1 Å². The Morgan fingerprint density at radius 3 is 2.48 bits per heavy atom. The molecule has 0 saturated heterocycles. The predicted molar refractivity (Wildman–Crippen MR) is 77.7 cm³/mol. The number of hydrogen-bond donors (Lipinski definition) is 0. The minimum absolute atomic E-state index is 0.184. The first kappa shape index (κ1) is 17.7. The number of halogens is 6. The van der Waals surface area contributed by atoms with Crippen molar-refractivity contribution in [3.63, 3.8) is 0 Å². The summed E-state index contributed by atoms with van der Waals surface area (Å²) in [6.45, 7) is 0. The number of benzene rings is 1. The Kier molecular flexibility index (Phi) is 4.72. The fraction of sp³-hybridized carbons (Fsp3) is 0.231. The number of carbonyl (C=O) groups excluding carboxylic acids is 1. The van der Waals surface area contributed by atoms with Crippen LogP contribution in [0, 0.1) is 5.82 Å². The molecule has 2 aromatic rings. The fourth-order valence-electron chi connectivity index (χ4n) is 1.97. The summed E-state index contributed by atoms with van der Waals surface area (Å²) in [5, 5.41) is 3.46. The van der Waals surface area contributed by atoms with Crippen molar-refractivity contribution in [2.24, 2.45) is 7.05 Å². The number of alkyl halides is 3. The second-order valence-corrected chi connectivity index (χ2v) is 5.64. The maximum absolute atomic E-state index is 14.1. The van der Waals surface area contributed by atoms with Crippen LogP contribution in [0.3, 0.4) is 0 Å². The molecule has 0 saturated carbocycles. The summed E-state index contributed by atoms with van der Waals surface area (Å²) in [5.74, 6) is -1.77. The van der Waals surface area contributed by atoms with Crippen molar-refractivity contribution in [2.45, 2.75) is 6.18 Å². The van der Waals surface area contributed by atoms with Gasteiger partial charge in [0.25, 0.3) is 0 Å². The summed E-state index contributed by atoms with van der Waals surface area (Å²) in [4.78, 5) is 11.6. The second-order valence-electron chi connectivity index (χ2n) is 4.44. The molecule has 2 rings (SSSR count). The van der Waals surface area contributed by atoms with Gasteiger partial charge >= 0.3 is 12.1 Å². The summed E-state index contributed by atoms with van der Waals surface area (Å²) in [6, 6.07) is 1.81. The van der Waals surface area contributed by atoms with E-state index < -0.39 is 28.1 Å². The van der Waals surface area contributed by atoms with E-state index in [9.17, 15) is 22.4 Å². The highest BCUT2D eigenvalue weighted by Crippen LogP contribution is 2.41. The van der Waals surface area contributed by atoms with Gasteiger partial charge < -0.3 is 4.74 Å². The van der Waals surface area contributed by atoms with Crippen molar-refractivity contribution in [2.75, 3.05) is 7.11 Å². The zero-order valence-corrected chi connectivity index (χ0v) is 14.0. The van der Waals surface area contributed by atoms with Crippen LogP contribution >= 0.6 is 27.5 Å². The van der Waals surface area contributed by atoms with E-state index in [1.807, 2.05) is 0 Å². The van der Waals surface area contributed by atoms with E-state index in [1.54, 1.807) is 0 Å². The van der Waals surface area contributed by atoms with Gasteiger partial charge in [-0.3, -0.25) is 4.68 Å². The monoisotopic (exact) mass is 414 g/mol. The molecule has 0 amide bonds. The van der Waals surface area contributed by atoms with Gasteiger partial charge in [-0.25, -0.2) is 9.18 Å². The quantitative estimate of drug-likeness (QED) is 0.538. The summed E-state index contributed by atoms with van der Waals surface area (Å²) in [7, 11) is 2.17. The van der Waals surface area contributed by atoms with Crippen LogP contribution in [-0.2, 0) is 18.0 Å². The van der Waals surface area contributed by atoms with Gasteiger partial charge in [-0.1, -0.05) is 11.6 Å². The third-order valence-electron chi connectivity index (χ3n) is 2.98. The molecule has 0 spiro atoms. The van der Waals surface area contributed by atoms with E-state index in [-0.39, 0.29) is 21.8 Å². The Hall–Kier alpha value is -1.61. The molecular formula is C13H8BrClF4N2O2. The van der Waals surface area contributed by atoms with Crippen molar-refractivity contribution < 1.29 is 27.1 Å². The van der Waals surface area contributed by atoms with Crippen LogP contribution < -0.4 is 0 Å². The first-order valence-electron chi connectivity index (χ1n) is 5.95. The van der Waals surface area contributed by atoms with Gasteiger partial charge in [0, 0.05) is 12.6 Å². The fourth-order valence-corrected chi connectivity index (χ4v) is 2.98. The van der Waals surface area contributed by atoms with E-state index in [1.165, 1.54) is 0 Å². The number of nitrogens with zero attached hydrogens (tertiary/aromatic N) is 2. The number of carbonyl (C=O) groups is 1. The highest BCUT2D eigenvalue weighted by Gasteiger charge is 2.39. The number of methoxy groups -OCH3 is 1. The Bertz CT molecular complexity index is 789. The van der Waals surface area contributed by atoms with E-state index in [2.05, 4.69) is 25.8 Å². The van der Waals surface area contributed by atoms with Crippen molar-refractivity contribution in [3.8, 4) is 11.3 Å². The van der Waals surface area contributed by atoms with Gasteiger partial charge in [-0.2, -0.15) is 18.3 Å². The van der Waals surface area contributed by atoms with Crippen molar-refractivity contribution >= 4 is 33.5 Å². The normalized spacial score (nSPS) is 11.7. The summed E-state index contributed by atoms with van der Waals surface area (Å²) in [6.07, 6.45) is -4.69. The predicted octanol–water partition coefficient (Wildman–Crippen LogP) is 4.45. The van der Waals surface area contributed by atoms with Crippen LogP contribution in [0.25, 0.3) is 11.3 Å². The molecule has 0 aliphatic carbocycles. The van der Waals surface area contributed by atoms with Crippen molar-refractivity contribution in [1.29, 1.82) is 0 Å². The molecule has 4 nitrogen and oxygen atoms in total. The molecule has 0 atom stereocenters. The maximum Gasteiger partial charge on any atom is 0.434 e. The first-order valence-corrected chi connectivity index (χ1v) is 7.12. The van der Waals surface area contributed by atoms with Gasteiger partial charge in [0.2, 0.25) is 0 Å². The lowest BCUT2D eigenvalue weighted by molar-refractivity contribution is -0.144. The average Bonchev–Trinajstić information content (AvgIpc) is 2.72. The van der Waals surface area contributed by atoms with E-state index in [0.29, 0.717) is 4.68 Å². The molecule has 23 heavy (non-hydrogen) atoms. The van der Waals surface area contributed by atoms with Crippen molar-refractivity contribution in [3.05, 3.63) is 38.7 Å². The smallest absolute Gasteiger partial charge is 0.434 e. The van der Waals surface area contributed by atoms with Crippen LogP contribution in [0.1, 0.15) is 16.1 Å². The average molecular weight is 416 g/mol. The van der Waals surface area contributed by atoms with Crippen LogP contribution in [0.2, 0.25) is 5.02 Å². The summed E-state index contributed by atoms with van der Waals surface area (Å²) >= 11 is 8.54. The van der Waals surface area contributed by atoms with E-state index >= 15 is 0 Å².